The third kappa shape index (κ3) is 5.57. The van der Waals surface area contributed by atoms with E-state index >= 15 is 0 Å². The number of H-pyrrole nitrogens is 1. The standard InChI is InChI=1S/C24H27ClN4O3S/c1-15(17-9-12-20(21(13-17)31-2)32-19-5-3-4-6-19)26-22(30)14-29-23(27-28-24(29)33)16-7-10-18(25)11-8-16/h7-13,15,19H,3-6,14H2,1-2H3,(H,26,30)(H,28,33). The maximum atomic E-state index is 12.8. The Bertz CT molecular complexity index is 1170. The van der Waals surface area contributed by atoms with Crippen molar-refractivity contribution < 1.29 is 14.3 Å². The molecule has 1 saturated carbocycles. The molecule has 1 unspecified atom stereocenters. The van der Waals surface area contributed by atoms with Gasteiger partial charge in [0.2, 0.25) is 5.91 Å². The lowest BCUT2D eigenvalue weighted by Crippen LogP contribution is -2.30. The molecule has 0 aliphatic heterocycles. The molecule has 0 saturated heterocycles. The molecule has 33 heavy (non-hydrogen) atoms. The summed E-state index contributed by atoms with van der Waals surface area (Å²) in [7, 11) is 1.63. The molecule has 9 heteroatoms. The van der Waals surface area contributed by atoms with Crippen LogP contribution < -0.4 is 14.8 Å². The first-order chi connectivity index (χ1) is 15.9. The summed E-state index contributed by atoms with van der Waals surface area (Å²) in [5.41, 5.74) is 1.74. The van der Waals surface area contributed by atoms with Gasteiger partial charge in [0.25, 0.3) is 0 Å². The fourth-order valence-corrected chi connectivity index (χ4v) is 4.36. The predicted octanol–water partition coefficient (Wildman–Crippen LogP) is 5.47. The number of hydrogen-bond donors (Lipinski definition) is 2. The van der Waals surface area contributed by atoms with Crippen LogP contribution in [0.25, 0.3) is 11.4 Å². The molecule has 7 nitrogen and oxygen atoms in total. The third-order valence-electron chi connectivity index (χ3n) is 5.82. The van der Waals surface area contributed by atoms with E-state index in [0.717, 1.165) is 29.7 Å². The van der Waals surface area contributed by atoms with Crippen molar-refractivity contribution in [2.45, 2.75) is 51.3 Å². The van der Waals surface area contributed by atoms with E-state index in [4.69, 9.17) is 33.3 Å². The second-order valence-corrected chi connectivity index (χ2v) is 8.99. The van der Waals surface area contributed by atoms with Gasteiger partial charge in [-0.1, -0.05) is 17.7 Å². The number of aromatic nitrogens is 3. The molecule has 3 aromatic rings. The molecule has 0 spiro atoms. The first-order valence-electron chi connectivity index (χ1n) is 11.0. The highest BCUT2D eigenvalue weighted by Gasteiger charge is 2.20. The second kappa shape index (κ2) is 10.4. The van der Waals surface area contributed by atoms with Gasteiger partial charge in [-0.05, 0) is 86.8 Å². The molecule has 1 heterocycles. The van der Waals surface area contributed by atoms with Crippen LogP contribution in [0.15, 0.2) is 42.5 Å². The SMILES string of the molecule is COc1cc(C(C)NC(=O)Cn2c(-c3ccc(Cl)cc3)n[nH]c2=S)ccc1OC1CCCC1. The Morgan fingerprint density at radius 1 is 1.24 bits per heavy atom. The molecule has 1 amide bonds. The molecule has 1 aliphatic carbocycles. The minimum atomic E-state index is -0.230. The van der Waals surface area contributed by atoms with E-state index in [1.165, 1.54) is 12.8 Å². The molecule has 0 radical (unpaired) electrons. The number of amides is 1. The number of carbonyl (C=O) groups is 1. The number of ether oxygens (including phenoxy) is 2. The highest BCUT2D eigenvalue weighted by molar-refractivity contribution is 7.71. The van der Waals surface area contributed by atoms with Crippen LogP contribution in [0.4, 0.5) is 0 Å². The number of nitrogens with one attached hydrogen (secondary N) is 2. The number of aromatic amines is 1. The van der Waals surface area contributed by atoms with Gasteiger partial charge in [-0.3, -0.25) is 14.5 Å². The zero-order chi connectivity index (χ0) is 23.4. The second-order valence-electron chi connectivity index (χ2n) is 8.17. The van der Waals surface area contributed by atoms with Gasteiger partial charge < -0.3 is 14.8 Å². The number of methoxy groups -OCH3 is 1. The van der Waals surface area contributed by atoms with E-state index in [2.05, 4.69) is 15.5 Å². The Kier molecular flexibility index (Phi) is 7.35. The average molecular weight is 487 g/mol. The first kappa shape index (κ1) is 23.3. The summed E-state index contributed by atoms with van der Waals surface area (Å²) in [6.07, 6.45) is 4.80. The van der Waals surface area contributed by atoms with E-state index in [9.17, 15) is 4.79 Å². The van der Waals surface area contributed by atoms with Gasteiger partial charge in [-0.25, -0.2) is 0 Å². The van der Waals surface area contributed by atoms with E-state index in [1.54, 1.807) is 23.8 Å². The maximum Gasteiger partial charge on any atom is 0.240 e. The number of halogens is 1. The molecule has 1 atom stereocenters. The highest BCUT2D eigenvalue weighted by atomic mass is 35.5. The van der Waals surface area contributed by atoms with Crippen LogP contribution in [-0.2, 0) is 11.3 Å². The van der Waals surface area contributed by atoms with Crippen molar-refractivity contribution in [3.8, 4) is 22.9 Å². The zero-order valence-corrected chi connectivity index (χ0v) is 20.2. The average Bonchev–Trinajstić information content (AvgIpc) is 3.45. The molecule has 4 rings (SSSR count). The van der Waals surface area contributed by atoms with Crippen LogP contribution in [0.1, 0.15) is 44.2 Å². The fraction of sp³-hybridized carbons (Fsp3) is 0.375. The van der Waals surface area contributed by atoms with E-state index in [-0.39, 0.29) is 24.6 Å². The Balaban J connectivity index is 1.44. The summed E-state index contributed by atoms with van der Waals surface area (Å²) < 4.78 is 13.7. The minimum absolute atomic E-state index is 0.0393. The van der Waals surface area contributed by atoms with Crippen molar-refractivity contribution in [1.29, 1.82) is 0 Å². The molecular formula is C24H27ClN4O3S. The lowest BCUT2D eigenvalue weighted by molar-refractivity contribution is -0.122. The third-order valence-corrected chi connectivity index (χ3v) is 6.39. The van der Waals surface area contributed by atoms with Crippen LogP contribution in [0.2, 0.25) is 5.02 Å². The first-order valence-corrected chi connectivity index (χ1v) is 11.8. The fourth-order valence-electron chi connectivity index (χ4n) is 4.03. The summed E-state index contributed by atoms with van der Waals surface area (Å²) in [6.45, 7) is 1.97. The van der Waals surface area contributed by atoms with Crippen molar-refractivity contribution in [2.75, 3.05) is 7.11 Å². The highest BCUT2D eigenvalue weighted by Crippen LogP contribution is 2.33. The monoisotopic (exact) mass is 486 g/mol. The Morgan fingerprint density at radius 3 is 2.67 bits per heavy atom. The van der Waals surface area contributed by atoms with Crippen LogP contribution >= 0.6 is 23.8 Å². The zero-order valence-electron chi connectivity index (χ0n) is 18.6. The van der Waals surface area contributed by atoms with Crippen molar-refractivity contribution in [1.82, 2.24) is 20.1 Å². The molecule has 2 aromatic carbocycles. The van der Waals surface area contributed by atoms with Crippen molar-refractivity contribution >= 4 is 29.7 Å². The van der Waals surface area contributed by atoms with Gasteiger partial charge in [0.1, 0.15) is 6.54 Å². The van der Waals surface area contributed by atoms with Crippen molar-refractivity contribution in [3.05, 3.63) is 57.8 Å². The predicted molar refractivity (Wildman–Crippen MR) is 130 cm³/mol. The van der Waals surface area contributed by atoms with Crippen molar-refractivity contribution in [3.63, 3.8) is 0 Å². The summed E-state index contributed by atoms with van der Waals surface area (Å²) >= 11 is 11.3. The molecule has 1 aromatic heterocycles. The number of rotatable bonds is 8. The molecule has 1 aliphatic rings. The molecular weight excluding hydrogens is 460 g/mol. The van der Waals surface area contributed by atoms with E-state index < -0.39 is 0 Å². The Morgan fingerprint density at radius 2 is 1.97 bits per heavy atom. The lowest BCUT2D eigenvalue weighted by Gasteiger charge is -2.19. The molecule has 1 fully saturated rings. The quantitative estimate of drug-likeness (QED) is 0.413. The molecule has 2 N–H and O–H groups in total. The van der Waals surface area contributed by atoms with Crippen LogP contribution in [0.5, 0.6) is 11.5 Å². The topological polar surface area (TPSA) is 81.2 Å². The van der Waals surface area contributed by atoms with E-state index in [1.807, 2.05) is 37.3 Å². The van der Waals surface area contributed by atoms with E-state index in [0.29, 0.717) is 21.4 Å². The number of benzene rings is 2. The van der Waals surface area contributed by atoms with Crippen LogP contribution in [0.3, 0.4) is 0 Å². The largest absolute Gasteiger partial charge is 0.493 e. The smallest absolute Gasteiger partial charge is 0.240 e. The Labute approximate surface area is 203 Å². The van der Waals surface area contributed by atoms with Gasteiger partial charge >= 0.3 is 0 Å². The van der Waals surface area contributed by atoms with Gasteiger partial charge in [-0.2, -0.15) is 5.10 Å². The summed E-state index contributed by atoms with van der Waals surface area (Å²) in [5, 5.41) is 10.7. The summed E-state index contributed by atoms with van der Waals surface area (Å²) in [4.78, 5) is 12.8. The lowest BCUT2D eigenvalue weighted by atomic mass is 10.1. The van der Waals surface area contributed by atoms with Gasteiger partial charge in [0.15, 0.2) is 22.1 Å². The summed E-state index contributed by atoms with van der Waals surface area (Å²) in [6, 6.07) is 12.8. The van der Waals surface area contributed by atoms with Crippen LogP contribution in [-0.4, -0.2) is 33.9 Å². The van der Waals surface area contributed by atoms with Gasteiger partial charge in [-0.15, -0.1) is 0 Å². The number of carbonyl (C=O) groups excluding carboxylic acids is 1. The van der Waals surface area contributed by atoms with Crippen molar-refractivity contribution in [2.24, 2.45) is 0 Å². The van der Waals surface area contributed by atoms with Gasteiger partial charge in [0.05, 0.1) is 19.3 Å². The normalized spacial score (nSPS) is 14.8. The minimum Gasteiger partial charge on any atom is -0.493 e. The molecule has 174 valence electrons. The molecule has 0 bridgehead atoms. The number of nitrogens with zero attached hydrogens (tertiary/aromatic N) is 2. The number of hydrogen-bond acceptors (Lipinski definition) is 5. The Hall–Kier alpha value is -2.84. The summed E-state index contributed by atoms with van der Waals surface area (Å²) in [5.74, 6) is 1.81. The van der Waals surface area contributed by atoms with Gasteiger partial charge in [0, 0.05) is 10.6 Å². The van der Waals surface area contributed by atoms with Crippen LogP contribution in [0, 0.1) is 4.77 Å². The maximum absolute atomic E-state index is 12.8.